The van der Waals surface area contributed by atoms with E-state index in [-0.39, 0.29) is 13.0 Å². The highest BCUT2D eigenvalue weighted by atomic mass is 16.6. The molecule has 6 nitrogen and oxygen atoms in total. The first-order chi connectivity index (χ1) is 7.80. The van der Waals surface area contributed by atoms with Gasteiger partial charge in [-0.15, -0.1) is 0 Å². The number of carbonyl (C=O) groups excluding carboxylic acids is 2. The maximum atomic E-state index is 11.4. The predicted octanol–water partition coefficient (Wildman–Crippen LogP) is 0.398. The second-order valence-corrected chi connectivity index (χ2v) is 4.41. The van der Waals surface area contributed by atoms with Gasteiger partial charge in [0, 0.05) is 13.6 Å². The Morgan fingerprint density at radius 3 is 2.47 bits per heavy atom. The van der Waals surface area contributed by atoms with Crippen LogP contribution in [0.4, 0.5) is 4.79 Å². The van der Waals surface area contributed by atoms with Crippen LogP contribution in [0.1, 0.15) is 33.6 Å². The van der Waals surface area contributed by atoms with Gasteiger partial charge in [-0.3, -0.25) is 4.79 Å². The van der Waals surface area contributed by atoms with Gasteiger partial charge >= 0.3 is 12.0 Å². The molecule has 0 aromatic rings. The standard InChI is InChI=1S/C11H22N2O4/c1-5-11(2,3)17-9(15)6-8(14)7-13-10(16)12-4/h8,14H,5-7H2,1-4H3,(H2,12,13,16). The van der Waals surface area contributed by atoms with Crippen molar-refractivity contribution in [3.05, 3.63) is 0 Å². The van der Waals surface area contributed by atoms with Crippen molar-refractivity contribution in [2.24, 2.45) is 0 Å². The van der Waals surface area contributed by atoms with Crippen LogP contribution in [0.15, 0.2) is 0 Å². The van der Waals surface area contributed by atoms with Crippen LogP contribution in [0.2, 0.25) is 0 Å². The number of hydrogen-bond donors (Lipinski definition) is 3. The van der Waals surface area contributed by atoms with E-state index in [2.05, 4.69) is 10.6 Å². The minimum atomic E-state index is -0.938. The van der Waals surface area contributed by atoms with Crippen molar-refractivity contribution in [1.82, 2.24) is 10.6 Å². The van der Waals surface area contributed by atoms with E-state index in [4.69, 9.17) is 4.74 Å². The molecule has 0 radical (unpaired) electrons. The number of nitrogens with one attached hydrogen (secondary N) is 2. The van der Waals surface area contributed by atoms with Crippen LogP contribution in [-0.4, -0.2) is 42.4 Å². The first-order valence-electron chi connectivity index (χ1n) is 5.66. The largest absolute Gasteiger partial charge is 0.460 e. The van der Waals surface area contributed by atoms with Gasteiger partial charge in [-0.2, -0.15) is 0 Å². The van der Waals surface area contributed by atoms with Crippen LogP contribution in [0.3, 0.4) is 0 Å². The lowest BCUT2D eigenvalue weighted by Gasteiger charge is -2.24. The first kappa shape index (κ1) is 15.7. The number of urea groups is 1. The lowest BCUT2D eigenvalue weighted by molar-refractivity contribution is -0.158. The molecule has 100 valence electrons. The zero-order valence-corrected chi connectivity index (χ0v) is 10.9. The van der Waals surface area contributed by atoms with Crippen molar-refractivity contribution in [3.63, 3.8) is 0 Å². The molecule has 3 N–H and O–H groups in total. The minimum Gasteiger partial charge on any atom is -0.460 e. The Kier molecular flexibility index (Phi) is 6.57. The number of aliphatic hydroxyl groups excluding tert-OH is 1. The van der Waals surface area contributed by atoms with Gasteiger partial charge in [0.25, 0.3) is 0 Å². The monoisotopic (exact) mass is 246 g/mol. The number of esters is 1. The van der Waals surface area contributed by atoms with Crippen LogP contribution in [0.25, 0.3) is 0 Å². The summed E-state index contributed by atoms with van der Waals surface area (Å²) in [5.74, 6) is -0.469. The maximum absolute atomic E-state index is 11.4. The van der Waals surface area contributed by atoms with Crippen LogP contribution in [0, 0.1) is 0 Å². The van der Waals surface area contributed by atoms with Crippen molar-refractivity contribution >= 4 is 12.0 Å². The van der Waals surface area contributed by atoms with E-state index in [9.17, 15) is 14.7 Å². The molecule has 1 unspecified atom stereocenters. The zero-order chi connectivity index (χ0) is 13.5. The van der Waals surface area contributed by atoms with E-state index in [1.807, 2.05) is 6.92 Å². The van der Waals surface area contributed by atoms with Gasteiger partial charge in [0.05, 0.1) is 12.5 Å². The average Bonchev–Trinajstić information content (AvgIpc) is 2.24. The fourth-order valence-electron chi connectivity index (χ4n) is 0.985. The molecular formula is C11H22N2O4. The molecule has 0 spiro atoms. The Labute approximate surface area is 102 Å². The predicted molar refractivity (Wildman–Crippen MR) is 63.5 cm³/mol. The topological polar surface area (TPSA) is 87.7 Å². The van der Waals surface area contributed by atoms with Crippen LogP contribution >= 0.6 is 0 Å². The van der Waals surface area contributed by atoms with Crippen molar-refractivity contribution in [2.45, 2.75) is 45.3 Å². The number of aliphatic hydroxyl groups is 1. The fourth-order valence-corrected chi connectivity index (χ4v) is 0.985. The van der Waals surface area contributed by atoms with E-state index in [0.29, 0.717) is 6.42 Å². The fraction of sp³-hybridized carbons (Fsp3) is 0.818. The molecule has 0 aromatic carbocycles. The van der Waals surface area contributed by atoms with Gasteiger partial charge in [-0.25, -0.2) is 4.79 Å². The van der Waals surface area contributed by atoms with E-state index in [1.54, 1.807) is 13.8 Å². The van der Waals surface area contributed by atoms with Crippen molar-refractivity contribution in [2.75, 3.05) is 13.6 Å². The molecule has 2 amide bonds. The second kappa shape index (κ2) is 7.11. The van der Waals surface area contributed by atoms with Crippen molar-refractivity contribution < 1.29 is 19.4 Å². The number of hydrogen-bond acceptors (Lipinski definition) is 4. The smallest absolute Gasteiger partial charge is 0.314 e. The molecule has 6 heteroatoms. The van der Waals surface area contributed by atoms with Gasteiger partial charge in [0.2, 0.25) is 0 Å². The highest BCUT2D eigenvalue weighted by molar-refractivity contribution is 5.74. The summed E-state index contributed by atoms with van der Waals surface area (Å²) in [7, 11) is 1.47. The minimum absolute atomic E-state index is 0.0152. The Morgan fingerprint density at radius 2 is 2.00 bits per heavy atom. The third-order valence-electron chi connectivity index (χ3n) is 2.37. The molecule has 0 fully saturated rings. The Morgan fingerprint density at radius 1 is 1.41 bits per heavy atom. The molecule has 0 heterocycles. The molecule has 0 saturated heterocycles. The average molecular weight is 246 g/mol. The van der Waals surface area contributed by atoms with Crippen molar-refractivity contribution in [3.8, 4) is 0 Å². The SMILES string of the molecule is CCC(C)(C)OC(=O)CC(O)CNC(=O)NC. The summed E-state index contributed by atoms with van der Waals surface area (Å²) < 4.78 is 5.16. The molecule has 0 rings (SSSR count). The summed E-state index contributed by atoms with van der Waals surface area (Å²) in [6.45, 7) is 5.54. The Bertz CT molecular complexity index is 266. The molecule has 0 aliphatic rings. The number of rotatable bonds is 6. The highest BCUT2D eigenvalue weighted by Crippen LogP contribution is 2.14. The van der Waals surface area contributed by atoms with Crippen molar-refractivity contribution in [1.29, 1.82) is 0 Å². The first-order valence-corrected chi connectivity index (χ1v) is 5.66. The molecule has 0 bridgehead atoms. The van der Waals surface area contributed by atoms with E-state index in [0.717, 1.165) is 0 Å². The third-order valence-corrected chi connectivity index (χ3v) is 2.37. The van der Waals surface area contributed by atoms with Gasteiger partial charge in [-0.1, -0.05) is 6.92 Å². The van der Waals surface area contributed by atoms with Gasteiger partial charge in [0.15, 0.2) is 0 Å². The number of amides is 2. The Hall–Kier alpha value is -1.30. The molecule has 1 atom stereocenters. The van der Waals surface area contributed by atoms with E-state index in [1.165, 1.54) is 7.05 Å². The van der Waals surface area contributed by atoms with Crippen LogP contribution in [-0.2, 0) is 9.53 Å². The van der Waals surface area contributed by atoms with Crippen LogP contribution < -0.4 is 10.6 Å². The molecule has 0 aliphatic heterocycles. The summed E-state index contributed by atoms with van der Waals surface area (Å²) in [6, 6.07) is -0.397. The summed E-state index contributed by atoms with van der Waals surface area (Å²) in [5, 5.41) is 14.2. The van der Waals surface area contributed by atoms with Gasteiger partial charge in [0.1, 0.15) is 5.60 Å². The quantitative estimate of drug-likeness (QED) is 0.592. The van der Waals surface area contributed by atoms with Gasteiger partial charge in [-0.05, 0) is 20.3 Å². The molecule has 0 saturated carbocycles. The zero-order valence-electron chi connectivity index (χ0n) is 10.9. The highest BCUT2D eigenvalue weighted by Gasteiger charge is 2.22. The molecule has 0 aliphatic carbocycles. The molecule has 17 heavy (non-hydrogen) atoms. The molecular weight excluding hydrogens is 224 g/mol. The maximum Gasteiger partial charge on any atom is 0.314 e. The molecule has 0 aromatic heterocycles. The number of ether oxygens (including phenoxy) is 1. The summed E-state index contributed by atoms with van der Waals surface area (Å²) >= 11 is 0. The summed E-state index contributed by atoms with van der Waals surface area (Å²) in [6.07, 6.45) is -0.369. The number of carbonyl (C=O) groups is 2. The normalized spacial score (nSPS) is 12.8. The second-order valence-electron chi connectivity index (χ2n) is 4.41. The van der Waals surface area contributed by atoms with Gasteiger partial charge < -0.3 is 20.5 Å². The lowest BCUT2D eigenvalue weighted by atomic mass is 10.1. The summed E-state index contributed by atoms with van der Waals surface area (Å²) in [5.41, 5.74) is -0.523. The summed E-state index contributed by atoms with van der Waals surface area (Å²) in [4.78, 5) is 22.3. The van der Waals surface area contributed by atoms with Crippen LogP contribution in [0.5, 0.6) is 0 Å². The van der Waals surface area contributed by atoms with E-state index < -0.39 is 23.7 Å². The van der Waals surface area contributed by atoms with E-state index >= 15 is 0 Å². The third kappa shape index (κ3) is 7.57. The Balaban J connectivity index is 3.92. The lowest BCUT2D eigenvalue weighted by Crippen LogP contribution is -2.39.